The average Bonchev–Trinajstić information content (AvgIpc) is 2.48. The molecule has 0 bridgehead atoms. The molecule has 116 valence electrons. The van der Waals surface area contributed by atoms with Gasteiger partial charge in [-0.05, 0) is 48.5 Å². The Morgan fingerprint density at radius 2 is 1.64 bits per heavy atom. The molecule has 0 aliphatic carbocycles. The summed E-state index contributed by atoms with van der Waals surface area (Å²) in [5.41, 5.74) is 0.464. The average molecular weight is 372 g/mol. The van der Waals surface area contributed by atoms with Crippen LogP contribution in [0.4, 0.5) is 14.5 Å². The third-order valence-electron chi connectivity index (χ3n) is 2.55. The van der Waals surface area contributed by atoms with E-state index in [-0.39, 0.29) is 18.3 Å². The summed E-state index contributed by atoms with van der Waals surface area (Å²) in [4.78, 5) is 11.7. The van der Waals surface area contributed by atoms with E-state index < -0.39 is 6.61 Å². The number of halogens is 3. The van der Waals surface area contributed by atoms with Crippen LogP contribution < -0.4 is 14.8 Å². The molecule has 0 radical (unpaired) electrons. The fourth-order valence-electron chi connectivity index (χ4n) is 1.60. The Labute approximate surface area is 134 Å². The molecule has 0 aromatic heterocycles. The SMILES string of the molecule is O=C(COc1ccc(Br)cc1)Nc1ccc(OC(F)F)cc1. The lowest BCUT2D eigenvalue weighted by atomic mass is 10.3. The summed E-state index contributed by atoms with van der Waals surface area (Å²) in [6, 6.07) is 12.7. The minimum absolute atomic E-state index is 0.0270. The van der Waals surface area contributed by atoms with E-state index in [1.54, 1.807) is 24.3 Å². The normalized spacial score (nSPS) is 10.4. The van der Waals surface area contributed by atoms with Gasteiger partial charge in [-0.25, -0.2) is 0 Å². The first-order valence-electron chi connectivity index (χ1n) is 6.26. The molecule has 2 rings (SSSR count). The molecule has 0 unspecified atom stereocenters. The Balaban J connectivity index is 1.82. The van der Waals surface area contributed by atoms with Crippen molar-refractivity contribution in [2.24, 2.45) is 0 Å². The number of alkyl halides is 2. The van der Waals surface area contributed by atoms with Crippen molar-refractivity contribution in [2.45, 2.75) is 6.61 Å². The van der Waals surface area contributed by atoms with E-state index in [0.29, 0.717) is 11.4 Å². The Bertz CT molecular complexity index is 618. The molecule has 0 spiro atoms. The number of carbonyl (C=O) groups excluding carboxylic acids is 1. The van der Waals surface area contributed by atoms with E-state index in [1.165, 1.54) is 24.3 Å². The fourth-order valence-corrected chi connectivity index (χ4v) is 1.86. The van der Waals surface area contributed by atoms with Crippen LogP contribution >= 0.6 is 15.9 Å². The number of rotatable bonds is 6. The molecule has 0 saturated carbocycles. The van der Waals surface area contributed by atoms with E-state index >= 15 is 0 Å². The van der Waals surface area contributed by atoms with Crippen molar-refractivity contribution in [1.29, 1.82) is 0 Å². The first-order chi connectivity index (χ1) is 10.5. The molecule has 1 N–H and O–H groups in total. The zero-order valence-electron chi connectivity index (χ0n) is 11.3. The number of benzene rings is 2. The lowest BCUT2D eigenvalue weighted by molar-refractivity contribution is -0.118. The highest BCUT2D eigenvalue weighted by atomic mass is 79.9. The van der Waals surface area contributed by atoms with Crippen LogP contribution in [0, 0.1) is 0 Å². The van der Waals surface area contributed by atoms with Crippen LogP contribution in [0.25, 0.3) is 0 Å². The minimum Gasteiger partial charge on any atom is -0.484 e. The van der Waals surface area contributed by atoms with Crippen molar-refractivity contribution < 1.29 is 23.0 Å². The lowest BCUT2D eigenvalue weighted by Gasteiger charge is -2.09. The van der Waals surface area contributed by atoms with E-state index in [9.17, 15) is 13.6 Å². The summed E-state index contributed by atoms with van der Waals surface area (Å²) >= 11 is 3.30. The maximum atomic E-state index is 12.0. The highest BCUT2D eigenvalue weighted by Crippen LogP contribution is 2.18. The second-order valence-electron chi connectivity index (χ2n) is 4.19. The molecule has 1 amide bonds. The molecule has 0 saturated heterocycles. The molecule has 0 fully saturated rings. The Kier molecular flexibility index (Phi) is 5.71. The van der Waals surface area contributed by atoms with Gasteiger partial charge in [0, 0.05) is 10.2 Å². The molecule has 7 heteroatoms. The maximum Gasteiger partial charge on any atom is 0.387 e. The zero-order valence-corrected chi connectivity index (χ0v) is 12.8. The molecule has 0 heterocycles. The molecule has 2 aromatic carbocycles. The van der Waals surface area contributed by atoms with Crippen molar-refractivity contribution in [2.75, 3.05) is 11.9 Å². The van der Waals surface area contributed by atoms with Gasteiger partial charge in [-0.15, -0.1) is 0 Å². The second-order valence-corrected chi connectivity index (χ2v) is 5.11. The molecule has 4 nitrogen and oxygen atoms in total. The van der Waals surface area contributed by atoms with Crippen LogP contribution in [0.1, 0.15) is 0 Å². The van der Waals surface area contributed by atoms with Gasteiger partial charge in [-0.3, -0.25) is 4.79 Å². The molecular formula is C15H12BrF2NO3. The third kappa shape index (κ3) is 5.33. The van der Waals surface area contributed by atoms with Crippen molar-refractivity contribution >= 4 is 27.5 Å². The van der Waals surface area contributed by atoms with Crippen molar-refractivity contribution in [3.63, 3.8) is 0 Å². The molecular weight excluding hydrogens is 360 g/mol. The summed E-state index contributed by atoms with van der Waals surface area (Å²) in [7, 11) is 0. The van der Waals surface area contributed by atoms with Crippen LogP contribution in [-0.4, -0.2) is 19.1 Å². The first kappa shape index (κ1) is 16.2. The number of anilines is 1. The molecule has 0 atom stereocenters. The second kappa shape index (κ2) is 7.74. The van der Waals surface area contributed by atoms with E-state index in [1.807, 2.05) is 0 Å². The first-order valence-corrected chi connectivity index (χ1v) is 7.05. The Hall–Kier alpha value is -2.15. The Morgan fingerprint density at radius 3 is 2.23 bits per heavy atom. The smallest absolute Gasteiger partial charge is 0.387 e. The van der Waals surface area contributed by atoms with Crippen LogP contribution in [-0.2, 0) is 4.79 Å². The van der Waals surface area contributed by atoms with E-state index in [4.69, 9.17) is 4.74 Å². The van der Waals surface area contributed by atoms with Crippen LogP contribution in [0.3, 0.4) is 0 Å². The van der Waals surface area contributed by atoms with Gasteiger partial charge < -0.3 is 14.8 Å². The van der Waals surface area contributed by atoms with E-state index in [0.717, 1.165) is 4.47 Å². The predicted octanol–water partition coefficient (Wildman–Crippen LogP) is 4.07. The van der Waals surface area contributed by atoms with Gasteiger partial charge >= 0.3 is 6.61 Å². The monoisotopic (exact) mass is 371 g/mol. The molecule has 2 aromatic rings. The molecule has 0 aliphatic heterocycles. The van der Waals surface area contributed by atoms with Crippen molar-refractivity contribution in [3.8, 4) is 11.5 Å². The summed E-state index contributed by atoms with van der Waals surface area (Å²) in [5.74, 6) is 0.239. The van der Waals surface area contributed by atoms with E-state index in [2.05, 4.69) is 26.0 Å². The van der Waals surface area contributed by atoms with Gasteiger partial charge in [0.2, 0.25) is 0 Å². The molecule has 22 heavy (non-hydrogen) atoms. The molecule has 0 aliphatic rings. The largest absolute Gasteiger partial charge is 0.484 e. The predicted molar refractivity (Wildman–Crippen MR) is 81.3 cm³/mol. The standard InChI is InChI=1S/C15H12BrF2NO3/c16-10-1-5-12(6-2-10)21-9-14(20)19-11-3-7-13(8-4-11)22-15(17)18/h1-8,15H,9H2,(H,19,20). The van der Waals surface area contributed by atoms with Crippen molar-refractivity contribution in [1.82, 2.24) is 0 Å². The van der Waals surface area contributed by atoms with Crippen LogP contribution in [0.15, 0.2) is 53.0 Å². The van der Waals surface area contributed by atoms with Crippen molar-refractivity contribution in [3.05, 3.63) is 53.0 Å². The fraction of sp³-hybridized carbons (Fsp3) is 0.133. The number of carbonyl (C=O) groups is 1. The summed E-state index contributed by atoms with van der Waals surface area (Å²) in [6.07, 6.45) is 0. The lowest BCUT2D eigenvalue weighted by Crippen LogP contribution is -2.20. The quantitative estimate of drug-likeness (QED) is 0.832. The van der Waals surface area contributed by atoms with Gasteiger partial charge in [0.25, 0.3) is 5.91 Å². The third-order valence-corrected chi connectivity index (χ3v) is 3.08. The highest BCUT2D eigenvalue weighted by molar-refractivity contribution is 9.10. The number of hydrogen-bond donors (Lipinski definition) is 1. The van der Waals surface area contributed by atoms with Crippen LogP contribution in [0.2, 0.25) is 0 Å². The van der Waals surface area contributed by atoms with Gasteiger partial charge in [0.15, 0.2) is 6.61 Å². The summed E-state index contributed by atoms with van der Waals surface area (Å²) < 4.78 is 34.5. The van der Waals surface area contributed by atoms with Gasteiger partial charge in [0.05, 0.1) is 0 Å². The number of nitrogens with one attached hydrogen (secondary N) is 1. The number of amides is 1. The number of hydrogen-bond acceptors (Lipinski definition) is 3. The van der Waals surface area contributed by atoms with Crippen LogP contribution in [0.5, 0.6) is 11.5 Å². The van der Waals surface area contributed by atoms with Gasteiger partial charge in [-0.1, -0.05) is 15.9 Å². The zero-order chi connectivity index (χ0) is 15.9. The van der Waals surface area contributed by atoms with Gasteiger partial charge in [0.1, 0.15) is 11.5 Å². The summed E-state index contributed by atoms with van der Waals surface area (Å²) in [5, 5.41) is 2.59. The summed E-state index contributed by atoms with van der Waals surface area (Å²) in [6.45, 7) is -3.03. The highest BCUT2D eigenvalue weighted by Gasteiger charge is 2.06. The Morgan fingerprint density at radius 1 is 1.05 bits per heavy atom. The minimum atomic E-state index is -2.88. The maximum absolute atomic E-state index is 12.0. The topological polar surface area (TPSA) is 47.6 Å². The van der Waals surface area contributed by atoms with Gasteiger partial charge in [-0.2, -0.15) is 8.78 Å². The number of ether oxygens (including phenoxy) is 2.